The fourth-order valence-corrected chi connectivity index (χ4v) is 4.37. The predicted molar refractivity (Wildman–Crippen MR) is 104 cm³/mol. The van der Waals surface area contributed by atoms with Gasteiger partial charge in [0.1, 0.15) is 5.65 Å². The average molecular weight is 410 g/mol. The number of amides is 1. The van der Waals surface area contributed by atoms with E-state index in [1.54, 1.807) is 61.1 Å². The van der Waals surface area contributed by atoms with Crippen LogP contribution in [-0.2, 0) is 16.4 Å². The first-order valence-corrected chi connectivity index (χ1v) is 10.3. The number of carbonyl (C=O) groups is 1. The highest BCUT2D eigenvalue weighted by Gasteiger charge is 2.25. The molecule has 0 fully saturated rings. The maximum absolute atomic E-state index is 12.7. The largest absolute Gasteiger partial charge is 0.429 e. The molecule has 3 heterocycles. The zero-order chi connectivity index (χ0) is 20.6. The molecule has 4 rings (SSSR count). The maximum atomic E-state index is 12.7. The van der Waals surface area contributed by atoms with Gasteiger partial charge in [-0.2, -0.15) is 0 Å². The number of rotatable bonds is 5. The molecule has 0 atom stereocenters. The van der Waals surface area contributed by atoms with Gasteiger partial charge in [-0.05, 0) is 36.8 Å². The monoisotopic (exact) mass is 410 g/mol. The van der Waals surface area contributed by atoms with Gasteiger partial charge in [0.2, 0.25) is 14.9 Å². The summed E-state index contributed by atoms with van der Waals surface area (Å²) in [7, 11) is -3.78. The van der Waals surface area contributed by atoms with Gasteiger partial charge in [0, 0.05) is 32.1 Å². The van der Waals surface area contributed by atoms with Crippen LogP contribution in [0.3, 0.4) is 0 Å². The second-order valence-corrected chi connectivity index (χ2v) is 8.40. The van der Waals surface area contributed by atoms with Crippen molar-refractivity contribution < 1.29 is 17.6 Å². The number of sulfone groups is 1. The molecule has 0 unspecified atom stereocenters. The lowest BCUT2D eigenvalue weighted by Crippen LogP contribution is -2.23. The van der Waals surface area contributed by atoms with Crippen LogP contribution in [0.25, 0.3) is 5.65 Å². The van der Waals surface area contributed by atoms with Crippen LogP contribution in [0.1, 0.15) is 27.5 Å². The Kier molecular flexibility index (Phi) is 4.67. The summed E-state index contributed by atoms with van der Waals surface area (Å²) in [5.74, 6) is 0.0688. The smallest absolute Gasteiger partial charge is 0.253 e. The van der Waals surface area contributed by atoms with Gasteiger partial charge in [-0.25, -0.2) is 18.4 Å². The van der Waals surface area contributed by atoms with E-state index in [-0.39, 0.29) is 22.4 Å². The van der Waals surface area contributed by atoms with Gasteiger partial charge in [0.15, 0.2) is 5.89 Å². The minimum atomic E-state index is -3.78. The third-order valence-electron chi connectivity index (χ3n) is 4.44. The summed E-state index contributed by atoms with van der Waals surface area (Å²) in [4.78, 5) is 20.6. The molecule has 1 amide bonds. The number of hydrogen-bond acceptors (Lipinski definition) is 6. The molecule has 4 aromatic rings. The molecule has 3 aromatic heterocycles. The SMILES string of the molecule is Cc1nc(C)c(S(=O)(=O)c2ccc(CNC(=O)c3ccc4nccn4c3)cc2)o1. The van der Waals surface area contributed by atoms with Crippen molar-refractivity contribution in [2.75, 3.05) is 0 Å². The van der Waals surface area contributed by atoms with Crippen molar-refractivity contribution in [3.63, 3.8) is 0 Å². The van der Waals surface area contributed by atoms with Crippen LogP contribution < -0.4 is 5.32 Å². The molecule has 148 valence electrons. The standard InChI is InChI=1S/C20H18N4O4S/c1-13-20(28-14(2)23-13)29(26,27)17-6-3-15(4-7-17)11-22-19(25)16-5-8-18-21-9-10-24(18)12-16/h3-10,12H,11H2,1-2H3,(H,22,25). The Morgan fingerprint density at radius 2 is 1.90 bits per heavy atom. The predicted octanol–water partition coefficient (Wildman–Crippen LogP) is 2.70. The lowest BCUT2D eigenvalue weighted by Gasteiger charge is -2.07. The first-order chi connectivity index (χ1) is 13.8. The molecule has 0 aliphatic carbocycles. The van der Waals surface area contributed by atoms with E-state index in [2.05, 4.69) is 15.3 Å². The Morgan fingerprint density at radius 1 is 1.14 bits per heavy atom. The third kappa shape index (κ3) is 3.64. The van der Waals surface area contributed by atoms with E-state index >= 15 is 0 Å². The number of imidazole rings is 1. The van der Waals surface area contributed by atoms with Gasteiger partial charge in [0.05, 0.1) is 16.2 Å². The van der Waals surface area contributed by atoms with Gasteiger partial charge in [0.25, 0.3) is 5.91 Å². The molecule has 1 N–H and O–H groups in total. The summed E-state index contributed by atoms with van der Waals surface area (Å²) in [5.41, 5.74) is 2.36. The van der Waals surface area contributed by atoms with Crippen molar-refractivity contribution in [1.82, 2.24) is 19.7 Å². The van der Waals surface area contributed by atoms with Crippen molar-refractivity contribution in [2.45, 2.75) is 30.4 Å². The van der Waals surface area contributed by atoms with Gasteiger partial charge in [-0.1, -0.05) is 12.1 Å². The summed E-state index contributed by atoms with van der Waals surface area (Å²) in [6, 6.07) is 9.77. The van der Waals surface area contributed by atoms with Crippen LogP contribution in [0, 0.1) is 13.8 Å². The highest BCUT2D eigenvalue weighted by Crippen LogP contribution is 2.24. The Bertz CT molecular complexity index is 1300. The van der Waals surface area contributed by atoms with Gasteiger partial charge in [-0.3, -0.25) is 4.79 Å². The molecule has 9 heteroatoms. The summed E-state index contributed by atoms with van der Waals surface area (Å²) in [6.45, 7) is 3.46. The first-order valence-electron chi connectivity index (χ1n) is 8.83. The van der Waals surface area contributed by atoms with Crippen LogP contribution >= 0.6 is 0 Å². The highest BCUT2D eigenvalue weighted by atomic mass is 32.2. The molecule has 0 radical (unpaired) electrons. The summed E-state index contributed by atoms with van der Waals surface area (Å²) in [6.07, 6.45) is 5.13. The second kappa shape index (κ2) is 7.17. The van der Waals surface area contributed by atoms with E-state index < -0.39 is 9.84 Å². The first kappa shape index (κ1) is 18.9. The molecule has 0 bridgehead atoms. The van der Waals surface area contributed by atoms with Crippen LogP contribution in [0.15, 0.2) is 69.4 Å². The number of nitrogens with one attached hydrogen (secondary N) is 1. The normalized spacial score (nSPS) is 11.7. The Labute approximate surface area is 167 Å². The van der Waals surface area contributed by atoms with Crippen LogP contribution in [0.5, 0.6) is 0 Å². The summed E-state index contributed by atoms with van der Waals surface area (Å²) in [5, 5.41) is 2.68. The molecule has 0 aliphatic rings. The maximum Gasteiger partial charge on any atom is 0.253 e. The van der Waals surface area contributed by atoms with Crippen LogP contribution in [-0.4, -0.2) is 28.7 Å². The van der Waals surface area contributed by atoms with Crippen molar-refractivity contribution in [2.24, 2.45) is 0 Å². The number of oxazole rings is 1. The average Bonchev–Trinajstić information content (AvgIpc) is 3.31. The fourth-order valence-electron chi connectivity index (χ4n) is 2.99. The Balaban J connectivity index is 1.46. The van der Waals surface area contributed by atoms with Gasteiger partial charge < -0.3 is 14.1 Å². The van der Waals surface area contributed by atoms with Crippen molar-refractivity contribution in [1.29, 1.82) is 0 Å². The fraction of sp³-hybridized carbons (Fsp3) is 0.150. The summed E-state index contributed by atoms with van der Waals surface area (Å²) >= 11 is 0. The number of nitrogens with zero attached hydrogens (tertiary/aromatic N) is 3. The lowest BCUT2D eigenvalue weighted by molar-refractivity contribution is 0.0950. The number of carbonyl (C=O) groups excluding carboxylic acids is 1. The minimum Gasteiger partial charge on any atom is -0.429 e. The van der Waals surface area contributed by atoms with Crippen LogP contribution in [0.2, 0.25) is 0 Å². The third-order valence-corrected chi connectivity index (χ3v) is 6.20. The topological polar surface area (TPSA) is 107 Å². The van der Waals surface area contributed by atoms with E-state index in [1.165, 1.54) is 12.1 Å². The number of aromatic nitrogens is 3. The van der Waals surface area contributed by atoms with Gasteiger partial charge >= 0.3 is 0 Å². The quantitative estimate of drug-likeness (QED) is 0.542. The molecule has 29 heavy (non-hydrogen) atoms. The van der Waals surface area contributed by atoms with Gasteiger partial charge in [-0.15, -0.1) is 0 Å². The van der Waals surface area contributed by atoms with Crippen molar-refractivity contribution >= 4 is 21.4 Å². The van der Waals surface area contributed by atoms with Crippen molar-refractivity contribution in [3.8, 4) is 0 Å². The number of hydrogen-bond donors (Lipinski definition) is 1. The van der Waals surface area contributed by atoms with E-state index in [0.29, 0.717) is 17.1 Å². The molecular formula is C20H18N4O4S. The van der Waals surface area contributed by atoms with E-state index in [0.717, 1.165) is 11.2 Å². The number of pyridine rings is 1. The lowest BCUT2D eigenvalue weighted by atomic mass is 10.2. The molecule has 0 saturated heterocycles. The highest BCUT2D eigenvalue weighted by molar-refractivity contribution is 7.91. The van der Waals surface area contributed by atoms with E-state index in [4.69, 9.17) is 4.42 Å². The molecule has 0 saturated carbocycles. The number of benzene rings is 1. The van der Waals surface area contributed by atoms with E-state index in [1.807, 2.05) is 0 Å². The molecule has 0 spiro atoms. The number of aryl methyl sites for hydroxylation is 2. The molecule has 1 aromatic carbocycles. The molecular weight excluding hydrogens is 392 g/mol. The van der Waals surface area contributed by atoms with Crippen LogP contribution in [0.4, 0.5) is 0 Å². The molecule has 8 nitrogen and oxygen atoms in total. The summed E-state index contributed by atoms with van der Waals surface area (Å²) < 4.78 is 32.4. The number of fused-ring (bicyclic) bond motifs is 1. The second-order valence-electron chi connectivity index (χ2n) is 6.55. The van der Waals surface area contributed by atoms with Crippen molar-refractivity contribution in [3.05, 3.63) is 77.7 Å². The zero-order valence-corrected chi connectivity index (χ0v) is 16.6. The Morgan fingerprint density at radius 3 is 2.59 bits per heavy atom. The molecule has 0 aliphatic heterocycles. The minimum absolute atomic E-state index is 0.109. The Hall–Kier alpha value is -3.46. The van der Waals surface area contributed by atoms with E-state index in [9.17, 15) is 13.2 Å². The zero-order valence-electron chi connectivity index (χ0n) is 15.8.